The van der Waals surface area contributed by atoms with Crippen molar-refractivity contribution in [1.29, 1.82) is 0 Å². The summed E-state index contributed by atoms with van der Waals surface area (Å²) in [5, 5.41) is -0.0251. The van der Waals surface area contributed by atoms with E-state index in [0.29, 0.717) is 12.4 Å². The van der Waals surface area contributed by atoms with Crippen LogP contribution < -0.4 is 10.5 Å². The van der Waals surface area contributed by atoms with Crippen molar-refractivity contribution in [3.8, 4) is 5.75 Å². The highest BCUT2D eigenvalue weighted by Crippen LogP contribution is 2.41. The lowest BCUT2D eigenvalue weighted by Crippen LogP contribution is -2.32. The van der Waals surface area contributed by atoms with E-state index in [2.05, 4.69) is 6.92 Å². The Morgan fingerprint density at radius 3 is 2.75 bits per heavy atom. The van der Waals surface area contributed by atoms with Gasteiger partial charge in [0.05, 0.1) is 12.3 Å². The van der Waals surface area contributed by atoms with Crippen molar-refractivity contribution in [1.82, 2.24) is 0 Å². The second kappa shape index (κ2) is 4.13. The predicted octanol–water partition coefficient (Wildman–Crippen LogP) is 3.63. The Balaban J connectivity index is 2.07. The van der Waals surface area contributed by atoms with E-state index in [1.165, 1.54) is 12.5 Å². The summed E-state index contributed by atoms with van der Waals surface area (Å²) in [4.78, 5) is 0. The maximum Gasteiger partial charge on any atom is 0.168 e. The zero-order chi connectivity index (χ0) is 11.8. The van der Waals surface area contributed by atoms with Gasteiger partial charge in [0, 0.05) is 5.41 Å². The van der Waals surface area contributed by atoms with Crippen LogP contribution in [-0.4, -0.2) is 6.61 Å². The van der Waals surface area contributed by atoms with Crippen LogP contribution in [-0.2, 0) is 0 Å². The molecule has 4 heteroatoms. The Hall–Kier alpha value is -0.960. The van der Waals surface area contributed by atoms with Crippen molar-refractivity contribution in [2.75, 3.05) is 12.3 Å². The molecule has 0 bridgehead atoms. The van der Waals surface area contributed by atoms with Crippen molar-refractivity contribution in [2.45, 2.75) is 26.2 Å². The van der Waals surface area contributed by atoms with Gasteiger partial charge >= 0.3 is 0 Å². The minimum atomic E-state index is -0.599. The first-order valence-electron chi connectivity index (χ1n) is 5.38. The standard InChI is InChI=1S/C12H15ClFNO/c1-12(5-2-6-12)7-16-9-4-3-8(15)11(14)10(9)13/h3-4H,2,5-7,15H2,1H3. The van der Waals surface area contributed by atoms with E-state index >= 15 is 0 Å². The van der Waals surface area contributed by atoms with Gasteiger partial charge in [-0.2, -0.15) is 0 Å². The monoisotopic (exact) mass is 243 g/mol. The second-order valence-corrected chi connectivity index (χ2v) is 5.11. The lowest BCUT2D eigenvalue weighted by molar-refractivity contribution is 0.0775. The number of halogens is 2. The van der Waals surface area contributed by atoms with Gasteiger partial charge < -0.3 is 10.5 Å². The summed E-state index contributed by atoms with van der Waals surface area (Å²) in [5.74, 6) is -0.223. The van der Waals surface area contributed by atoms with Crippen LogP contribution in [0.3, 0.4) is 0 Å². The summed E-state index contributed by atoms with van der Waals surface area (Å²) in [7, 11) is 0. The fourth-order valence-corrected chi connectivity index (χ4v) is 2.06. The Bertz CT molecular complexity index is 404. The molecule has 2 rings (SSSR count). The van der Waals surface area contributed by atoms with E-state index in [9.17, 15) is 4.39 Å². The molecule has 1 aliphatic rings. The van der Waals surface area contributed by atoms with Gasteiger partial charge in [-0.3, -0.25) is 0 Å². The largest absolute Gasteiger partial charge is 0.491 e. The van der Waals surface area contributed by atoms with Gasteiger partial charge in [-0.1, -0.05) is 24.9 Å². The average molecular weight is 244 g/mol. The summed E-state index contributed by atoms with van der Waals surface area (Å²) in [6.07, 6.45) is 3.55. The molecule has 2 N–H and O–H groups in total. The molecule has 1 aliphatic carbocycles. The third-order valence-electron chi connectivity index (χ3n) is 3.21. The molecule has 1 saturated carbocycles. The van der Waals surface area contributed by atoms with Crippen molar-refractivity contribution >= 4 is 17.3 Å². The van der Waals surface area contributed by atoms with E-state index in [-0.39, 0.29) is 16.1 Å². The molecule has 2 nitrogen and oxygen atoms in total. The number of hydrogen-bond acceptors (Lipinski definition) is 2. The highest BCUT2D eigenvalue weighted by molar-refractivity contribution is 6.32. The molecular weight excluding hydrogens is 229 g/mol. The number of ether oxygens (including phenoxy) is 1. The van der Waals surface area contributed by atoms with Gasteiger partial charge in [-0.15, -0.1) is 0 Å². The van der Waals surface area contributed by atoms with Crippen molar-refractivity contribution in [2.24, 2.45) is 5.41 Å². The molecule has 0 saturated heterocycles. The van der Waals surface area contributed by atoms with Crippen LogP contribution in [0.5, 0.6) is 5.75 Å². The fourth-order valence-electron chi connectivity index (χ4n) is 1.83. The first-order chi connectivity index (χ1) is 7.52. The van der Waals surface area contributed by atoms with Crippen LogP contribution >= 0.6 is 11.6 Å². The summed E-state index contributed by atoms with van der Waals surface area (Å²) >= 11 is 5.81. The molecular formula is C12H15ClFNO. The fraction of sp³-hybridized carbons (Fsp3) is 0.500. The molecule has 0 heterocycles. The van der Waals surface area contributed by atoms with Gasteiger partial charge in [-0.05, 0) is 25.0 Å². The first-order valence-corrected chi connectivity index (χ1v) is 5.76. The van der Waals surface area contributed by atoms with E-state index in [1.807, 2.05) is 0 Å². The van der Waals surface area contributed by atoms with Crippen LogP contribution in [0.2, 0.25) is 5.02 Å². The number of nitrogen functional groups attached to an aromatic ring is 1. The quantitative estimate of drug-likeness (QED) is 0.823. The van der Waals surface area contributed by atoms with E-state index in [1.54, 1.807) is 6.07 Å². The lowest BCUT2D eigenvalue weighted by atomic mass is 9.71. The third-order valence-corrected chi connectivity index (χ3v) is 3.57. The highest BCUT2D eigenvalue weighted by Gasteiger charge is 2.32. The summed E-state index contributed by atoms with van der Waals surface area (Å²) in [6.45, 7) is 2.74. The van der Waals surface area contributed by atoms with Crippen LogP contribution in [0.15, 0.2) is 12.1 Å². The number of benzene rings is 1. The van der Waals surface area contributed by atoms with Crippen molar-refractivity contribution in [3.05, 3.63) is 23.0 Å². The normalized spacial score (nSPS) is 17.9. The van der Waals surface area contributed by atoms with Crippen LogP contribution in [0.25, 0.3) is 0 Å². The zero-order valence-corrected chi connectivity index (χ0v) is 9.98. The summed E-state index contributed by atoms with van der Waals surface area (Å²) < 4.78 is 18.9. The SMILES string of the molecule is CC1(COc2ccc(N)c(F)c2Cl)CCC1. The Morgan fingerprint density at radius 2 is 2.19 bits per heavy atom. The van der Waals surface area contributed by atoms with Gasteiger partial charge in [-0.25, -0.2) is 4.39 Å². The maximum absolute atomic E-state index is 13.4. The zero-order valence-electron chi connectivity index (χ0n) is 9.22. The van der Waals surface area contributed by atoms with Gasteiger partial charge in [0.2, 0.25) is 0 Å². The van der Waals surface area contributed by atoms with Crippen LogP contribution in [0.1, 0.15) is 26.2 Å². The highest BCUT2D eigenvalue weighted by atomic mass is 35.5. The van der Waals surface area contributed by atoms with Gasteiger partial charge in [0.15, 0.2) is 5.82 Å². The van der Waals surface area contributed by atoms with Gasteiger partial charge in [0.1, 0.15) is 10.8 Å². The molecule has 0 unspecified atom stereocenters. The van der Waals surface area contributed by atoms with E-state index in [0.717, 1.165) is 12.8 Å². The Kier molecular flexibility index (Phi) is 2.98. The topological polar surface area (TPSA) is 35.2 Å². The molecule has 0 spiro atoms. The molecule has 0 aliphatic heterocycles. The lowest BCUT2D eigenvalue weighted by Gasteiger charge is -2.37. The smallest absolute Gasteiger partial charge is 0.168 e. The van der Waals surface area contributed by atoms with Crippen molar-refractivity contribution in [3.63, 3.8) is 0 Å². The third kappa shape index (κ3) is 2.09. The Labute approximate surface area is 99.5 Å². The van der Waals surface area contributed by atoms with Crippen LogP contribution in [0.4, 0.5) is 10.1 Å². The number of rotatable bonds is 3. The molecule has 0 atom stereocenters. The molecule has 1 aromatic carbocycles. The summed E-state index contributed by atoms with van der Waals surface area (Å²) in [5.41, 5.74) is 5.67. The van der Waals surface area contributed by atoms with E-state index in [4.69, 9.17) is 22.1 Å². The molecule has 0 aromatic heterocycles. The predicted molar refractivity (Wildman–Crippen MR) is 63.3 cm³/mol. The molecule has 0 amide bonds. The van der Waals surface area contributed by atoms with Crippen molar-refractivity contribution < 1.29 is 9.13 Å². The molecule has 16 heavy (non-hydrogen) atoms. The minimum Gasteiger partial charge on any atom is -0.491 e. The first kappa shape index (κ1) is 11.5. The van der Waals surface area contributed by atoms with Gasteiger partial charge in [0.25, 0.3) is 0 Å². The number of anilines is 1. The molecule has 88 valence electrons. The summed E-state index contributed by atoms with van der Waals surface area (Å²) in [6, 6.07) is 3.09. The average Bonchev–Trinajstić information content (AvgIpc) is 2.22. The van der Waals surface area contributed by atoms with E-state index < -0.39 is 5.82 Å². The maximum atomic E-state index is 13.4. The second-order valence-electron chi connectivity index (χ2n) is 4.73. The molecule has 1 fully saturated rings. The number of hydrogen-bond donors (Lipinski definition) is 1. The minimum absolute atomic E-state index is 0.0251. The Morgan fingerprint density at radius 1 is 1.50 bits per heavy atom. The number of nitrogens with two attached hydrogens (primary N) is 1. The van der Waals surface area contributed by atoms with Crippen LogP contribution in [0, 0.1) is 11.2 Å². The molecule has 0 radical (unpaired) electrons. The molecule has 1 aromatic rings.